The topological polar surface area (TPSA) is 113 Å². The molecule has 1 atom stereocenters. The Bertz CT molecular complexity index is 1140. The van der Waals surface area contributed by atoms with E-state index in [4.69, 9.17) is 8.83 Å². The molecule has 0 spiro atoms. The lowest BCUT2D eigenvalue weighted by atomic mass is 9.98. The van der Waals surface area contributed by atoms with Gasteiger partial charge in [-0.05, 0) is 50.8 Å². The van der Waals surface area contributed by atoms with Gasteiger partial charge in [0.15, 0.2) is 0 Å². The van der Waals surface area contributed by atoms with Gasteiger partial charge >= 0.3 is 5.63 Å². The number of carboxylic acid groups (broad SMARTS) is 1. The zero-order chi connectivity index (χ0) is 20.6. The maximum atomic E-state index is 12.5. The zero-order valence-electron chi connectivity index (χ0n) is 16.3. The van der Waals surface area contributed by atoms with Crippen molar-refractivity contribution in [3.05, 3.63) is 45.0 Å². The third-order valence-corrected chi connectivity index (χ3v) is 5.17. The van der Waals surface area contributed by atoms with Crippen molar-refractivity contribution < 1.29 is 23.5 Å². The fourth-order valence-corrected chi connectivity index (χ4v) is 3.44. The van der Waals surface area contributed by atoms with Crippen LogP contribution in [0.4, 0.5) is 0 Å². The number of amides is 1. The number of hydrogen-bond acceptors (Lipinski definition) is 6. The highest BCUT2D eigenvalue weighted by molar-refractivity contribution is 5.99. The first kappa shape index (κ1) is 19.7. The summed E-state index contributed by atoms with van der Waals surface area (Å²) in [6, 6.07) is 0.892. The van der Waals surface area contributed by atoms with Gasteiger partial charge in [-0.15, -0.1) is 0 Å². The third kappa shape index (κ3) is 3.40. The maximum absolute atomic E-state index is 12.5. The van der Waals surface area contributed by atoms with Gasteiger partial charge in [0.05, 0.1) is 18.3 Å². The molecule has 0 radical (unpaired) electrons. The molecule has 0 bridgehead atoms. The summed E-state index contributed by atoms with van der Waals surface area (Å²) >= 11 is 0. The van der Waals surface area contributed by atoms with Gasteiger partial charge in [0.1, 0.15) is 11.2 Å². The van der Waals surface area contributed by atoms with E-state index in [1.54, 1.807) is 13.2 Å². The first-order valence-electron chi connectivity index (χ1n) is 9.18. The number of fused-ring (bicyclic) bond motifs is 2. The minimum atomic E-state index is -1.33. The normalized spacial score (nSPS) is 12.4. The summed E-state index contributed by atoms with van der Waals surface area (Å²) < 4.78 is 11.1. The number of nitrogens with one attached hydrogen (secondary N) is 1. The molecule has 0 aliphatic heterocycles. The number of aryl methyl sites for hydroxylation is 3. The van der Waals surface area contributed by atoms with Gasteiger partial charge in [-0.1, -0.05) is 6.92 Å². The van der Waals surface area contributed by atoms with E-state index in [0.29, 0.717) is 16.7 Å². The number of carboxylic acids is 1. The molecule has 1 N–H and O–H groups in total. The molecular weight excluding hydrogens is 362 g/mol. The van der Waals surface area contributed by atoms with Crippen molar-refractivity contribution in [3.63, 3.8) is 0 Å². The predicted molar refractivity (Wildman–Crippen MR) is 102 cm³/mol. The highest BCUT2D eigenvalue weighted by Gasteiger charge is 2.18. The second kappa shape index (κ2) is 7.50. The number of aliphatic carboxylic acids is 1. The molecule has 0 aliphatic carbocycles. The van der Waals surface area contributed by atoms with Crippen LogP contribution in [0.15, 0.2) is 26.0 Å². The van der Waals surface area contributed by atoms with E-state index < -0.39 is 23.5 Å². The molecule has 2 heterocycles. The van der Waals surface area contributed by atoms with Crippen LogP contribution in [0, 0.1) is 20.8 Å². The minimum absolute atomic E-state index is 0.0210. The van der Waals surface area contributed by atoms with Gasteiger partial charge in [0.2, 0.25) is 5.91 Å². The standard InChI is InChI=1S/C21H23NO6/c1-5-16(20(24)25)22-17(23)7-6-13-11(3)15-8-14-10(2)9-27-18(14)12(4)19(15)28-21(13)26/h8-9,16H,5-7H2,1-4H3,(H,22,23)(H,24,25)/p-1/t16-/m1/s1. The lowest BCUT2D eigenvalue weighted by Crippen LogP contribution is -2.47. The van der Waals surface area contributed by atoms with Crippen LogP contribution >= 0.6 is 0 Å². The summed E-state index contributed by atoms with van der Waals surface area (Å²) in [7, 11) is 0. The van der Waals surface area contributed by atoms with Crippen molar-refractivity contribution in [3.8, 4) is 0 Å². The SMILES string of the molecule is CC[C@@H](NC(=O)CCc1c(C)c2cc3c(C)coc3c(C)c2oc1=O)C(=O)[O-]. The van der Waals surface area contributed by atoms with Crippen LogP contribution in [0.5, 0.6) is 0 Å². The number of carbonyl (C=O) groups excluding carboxylic acids is 2. The summed E-state index contributed by atoms with van der Waals surface area (Å²) in [5, 5.41) is 15.1. The van der Waals surface area contributed by atoms with Gasteiger partial charge in [-0.3, -0.25) is 4.79 Å². The fraction of sp³-hybridized carbons (Fsp3) is 0.381. The average molecular weight is 384 g/mol. The Balaban J connectivity index is 1.95. The number of furan rings is 1. The molecule has 7 heteroatoms. The molecular formula is C21H22NO6-. The number of rotatable bonds is 6. The molecule has 7 nitrogen and oxygen atoms in total. The molecule has 1 aromatic carbocycles. The van der Waals surface area contributed by atoms with Crippen molar-refractivity contribution in [2.75, 3.05) is 0 Å². The summed E-state index contributed by atoms with van der Waals surface area (Å²) in [6.07, 6.45) is 2.02. The highest BCUT2D eigenvalue weighted by atomic mass is 16.4. The van der Waals surface area contributed by atoms with Gasteiger partial charge in [0, 0.05) is 28.3 Å². The highest BCUT2D eigenvalue weighted by Crippen LogP contribution is 2.32. The average Bonchev–Trinajstić information content (AvgIpc) is 3.01. The molecule has 0 fully saturated rings. The Hall–Kier alpha value is -3.09. The molecule has 3 aromatic rings. The van der Waals surface area contributed by atoms with Crippen LogP contribution in [0.3, 0.4) is 0 Å². The van der Waals surface area contributed by atoms with Gasteiger partial charge in [-0.25, -0.2) is 4.79 Å². The van der Waals surface area contributed by atoms with Gasteiger partial charge in [-0.2, -0.15) is 0 Å². The van der Waals surface area contributed by atoms with E-state index >= 15 is 0 Å². The first-order chi connectivity index (χ1) is 13.2. The monoisotopic (exact) mass is 384 g/mol. The Kier molecular flexibility index (Phi) is 5.27. The largest absolute Gasteiger partial charge is 0.548 e. The predicted octanol–water partition coefficient (Wildman–Crippen LogP) is 2.04. The second-order valence-electron chi connectivity index (χ2n) is 7.01. The van der Waals surface area contributed by atoms with E-state index in [0.717, 1.165) is 27.5 Å². The number of benzene rings is 1. The van der Waals surface area contributed by atoms with Crippen molar-refractivity contribution in [2.45, 2.75) is 53.0 Å². The second-order valence-corrected chi connectivity index (χ2v) is 7.01. The first-order valence-corrected chi connectivity index (χ1v) is 9.18. The van der Waals surface area contributed by atoms with Crippen LogP contribution in [-0.2, 0) is 16.0 Å². The molecule has 0 aliphatic rings. The lowest BCUT2D eigenvalue weighted by Gasteiger charge is -2.17. The molecule has 1 amide bonds. The van der Waals surface area contributed by atoms with Crippen LogP contribution in [0.1, 0.15) is 42.0 Å². The summed E-state index contributed by atoms with van der Waals surface area (Å²) in [5.74, 6) is -1.78. The molecule has 2 aromatic heterocycles. The molecule has 3 rings (SSSR count). The van der Waals surface area contributed by atoms with E-state index in [-0.39, 0.29) is 19.3 Å². The molecule has 148 valence electrons. The Morgan fingerprint density at radius 2 is 1.86 bits per heavy atom. The lowest BCUT2D eigenvalue weighted by molar-refractivity contribution is -0.308. The Labute approximate surface area is 161 Å². The van der Waals surface area contributed by atoms with Crippen LogP contribution in [-0.4, -0.2) is 17.9 Å². The maximum Gasteiger partial charge on any atom is 0.339 e. The van der Waals surface area contributed by atoms with E-state index in [1.165, 1.54) is 0 Å². The quantitative estimate of drug-likeness (QED) is 0.651. The van der Waals surface area contributed by atoms with E-state index in [2.05, 4.69) is 5.32 Å². The zero-order valence-corrected chi connectivity index (χ0v) is 16.3. The molecule has 0 saturated heterocycles. The molecule has 0 unspecified atom stereocenters. The fourth-order valence-electron chi connectivity index (χ4n) is 3.44. The Morgan fingerprint density at radius 1 is 1.14 bits per heavy atom. The van der Waals surface area contributed by atoms with Gasteiger partial charge < -0.3 is 24.1 Å². The van der Waals surface area contributed by atoms with Crippen LogP contribution in [0.25, 0.3) is 21.9 Å². The van der Waals surface area contributed by atoms with Crippen molar-refractivity contribution >= 4 is 33.8 Å². The third-order valence-electron chi connectivity index (χ3n) is 5.17. The summed E-state index contributed by atoms with van der Waals surface area (Å²) in [4.78, 5) is 35.5. The van der Waals surface area contributed by atoms with Crippen molar-refractivity contribution in [1.82, 2.24) is 5.32 Å². The molecule has 0 saturated carbocycles. The van der Waals surface area contributed by atoms with Crippen LogP contribution in [0.2, 0.25) is 0 Å². The molecule has 28 heavy (non-hydrogen) atoms. The van der Waals surface area contributed by atoms with Gasteiger partial charge in [0.25, 0.3) is 0 Å². The summed E-state index contributed by atoms with van der Waals surface area (Å²) in [5.41, 5.74) is 3.55. The van der Waals surface area contributed by atoms with Crippen LogP contribution < -0.4 is 16.0 Å². The minimum Gasteiger partial charge on any atom is -0.548 e. The van der Waals surface area contributed by atoms with Crippen molar-refractivity contribution in [2.24, 2.45) is 0 Å². The van der Waals surface area contributed by atoms with Crippen molar-refractivity contribution in [1.29, 1.82) is 0 Å². The smallest absolute Gasteiger partial charge is 0.339 e. The number of carbonyl (C=O) groups is 2. The summed E-state index contributed by atoms with van der Waals surface area (Å²) in [6.45, 7) is 7.25. The van der Waals surface area contributed by atoms with E-state index in [1.807, 2.05) is 26.8 Å². The Morgan fingerprint density at radius 3 is 2.50 bits per heavy atom. The van der Waals surface area contributed by atoms with E-state index in [9.17, 15) is 19.5 Å². The number of hydrogen-bond donors (Lipinski definition) is 1.